The van der Waals surface area contributed by atoms with Crippen molar-refractivity contribution in [1.29, 1.82) is 0 Å². The minimum atomic E-state index is -4.10. The predicted octanol–water partition coefficient (Wildman–Crippen LogP) is 3.37. The summed E-state index contributed by atoms with van der Waals surface area (Å²) in [7, 11) is -1.77. The molecule has 4 heterocycles. The Kier molecular flexibility index (Phi) is 11.6. The lowest BCUT2D eigenvalue weighted by atomic mass is 9.81. The maximum Gasteiger partial charge on any atom is 0.398 e. The highest BCUT2D eigenvalue weighted by atomic mass is 32.2. The number of rotatable bonds is 14. The Bertz CT molecular complexity index is 2250. The van der Waals surface area contributed by atoms with E-state index in [0.29, 0.717) is 43.4 Å². The summed E-state index contributed by atoms with van der Waals surface area (Å²) in [6.07, 6.45) is 4.85. The predicted molar refractivity (Wildman–Crippen MR) is 197 cm³/mol. The summed E-state index contributed by atoms with van der Waals surface area (Å²) in [6, 6.07) is 9.66. The first-order valence-electron chi connectivity index (χ1n) is 17.5. The van der Waals surface area contributed by atoms with Crippen LogP contribution in [0.25, 0.3) is 0 Å². The van der Waals surface area contributed by atoms with E-state index >= 15 is 0 Å². The molecule has 0 N–H and O–H groups in total. The average molecular weight is 828 g/mol. The maximum absolute atomic E-state index is 13.3. The number of benzene rings is 2. The van der Waals surface area contributed by atoms with Gasteiger partial charge in [0.2, 0.25) is 12.2 Å². The van der Waals surface area contributed by atoms with Crippen molar-refractivity contribution in [3.05, 3.63) is 71.5 Å². The zero-order chi connectivity index (χ0) is 41.4. The summed E-state index contributed by atoms with van der Waals surface area (Å²) in [5, 5.41) is 5.47. The normalized spacial score (nSPS) is 19.4. The van der Waals surface area contributed by atoms with Gasteiger partial charge >= 0.3 is 11.9 Å². The number of hydrogen-bond donors (Lipinski definition) is 0. The second-order valence-electron chi connectivity index (χ2n) is 14.2. The molecule has 0 spiro atoms. The van der Waals surface area contributed by atoms with Gasteiger partial charge < -0.3 is 14.6 Å². The number of hydrogen-bond acceptors (Lipinski definition) is 16. The van der Waals surface area contributed by atoms with Crippen LogP contribution in [0.1, 0.15) is 64.5 Å². The van der Waals surface area contributed by atoms with E-state index in [4.69, 9.17) is 18.2 Å². The Morgan fingerprint density at radius 2 is 1.44 bits per heavy atom. The number of fused-ring (bicyclic) bond motifs is 2. The second-order valence-corrected chi connectivity index (χ2v) is 16.7. The lowest BCUT2D eigenvalue weighted by Gasteiger charge is -2.26. The molecule has 18 nitrogen and oxygen atoms in total. The Labute approximate surface area is 331 Å². The van der Waals surface area contributed by atoms with Gasteiger partial charge in [0.25, 0.3) is 33.7 Å². The highest BCUT2D eigenvalue weighted by Gasteiger charge is 2.47. The van der Waals surface area contributed by atoms with Gasteiger partial charge in [0.15, 0.2) is 5.71 Å². The van der Waals surface area contributed by atoms with Crippen molar-refractivity contribution in [1.82, 2.24) is 10.1 Å². The van der Waals surface area contributed by atoms with Gasteiger partial charge in [0.05, 0.1) is 36.6 Å². The lowest BCUT2D eigenvalue weighted by Crippen LogP contribution is -2.38. The largest absolute Gasteiger partial charge is 0.398 e. The summed E-state index contributed by atoms with van der Waals surface area (Å²) in [6.45, 7) is 6.66. The minimum absolute atomic E-state index is 0.0667. The van der Waals surface area contributed by atoms with Gasteiger partial charge in [-0.2, -0.15) is 13.0 Å². The van der Waals surface area contributed by atoms with Crippen LogP contribution < -0.4 is 4.90 Å². The van der Waals surface area contributed by atoms with E-state index in [2.05, 4.69) is 9.93 Å². The molecule has 2 aromatic carbocycles. The third kappa shape index (κ3) is 8.00. The smallest absolute Gasteiger partial charge is 0.333 e. The molecular formula is C37H39N4O14S2+. The summed E-state index contributed by atoms with van der Waals surface area (Å²) >= 11 is 0.892. The molecule has 0 radical (unpaired) electrons. The fraction of sp³-hybridized carbons (Fsp3) is 0.378. The Morgan fingerprint density at radius 1 is 0.825 bits per heavy atom. The van der Waals surface area contributed by atoms with Gasteiger partial charge in [-0.15, -0.1) is 14.5 Å². The highest BCUT2D eigenvalue weighted by Crippen LogP contribution is 2.49. The molecule has 0 unspecified atom stereocenters. The fourth-order valence-electron chi connectivity index (χ4n) is 7.10. The van der Waals surface area contributed by atoms with E-state index in [1.807, 2.05) is 33.8 Å². The lowest BCUT2D eigenvalue weighted by molar-refractivity contribution is -0.447. The van der Waals surface area contributed by atoms with Crippen LogP contribution in [0.15, 0.2) is 70.1 Å². The first-order chi connectivity index (χ1) is 26.9. The molecule has 2 fully saturated rings. The summed E-state index contributed by atoms with van der Waals surface area (Å²) < 4.78 is 36.8. The van der Waals surface area contributed by atoms with Gasteiger partial charge in [-0.1, -0.05) is 25.0 Å². The molecule has 4 aliphatic heterocycles. The maximum atomic E-state index is 13.3. The number of anilines is 1. The molecule has 2 aromatic rings. The standard InChI is InChI=1S/C37H39N4O14S2/c1-36(2)24-18-22(56-55-54-50-5)10-12-26(24)38(20-34(46)52-40-30(42)14-15-31(40)43)28(36)8-7-9-29-37(3,4)25-19-23(57(48,49)51-6)11-13-27(25)39(29)21-35(47)53-41-32(44)16-17-33(41)45/h7-13,18-19H,14-17,20-21H2,1-6H3/q+1. The highest BCUT2D eigenvalue weighted by molar-refractivity contribution is 7.94. The number of carbonyl (C=O) groups is 6. The van der Waals surface area contributed by atoms with Crippen molar-refractivity contribution >= 4 is 74.8 Å². The van der Waals surface area contributed by atoms with Crippen LogP contribution >= 0.6 is 12.0 Å². The van der Waals surface area contributed by atoms with Crippen LogP contribution in [0.3, 0.4) is 0 Å². The molecule has 302 valence electrons. The van der Waals surface area contributed by atoms with E-state index in [1.54, 1.807) is 39.8 Å². The molecule has 0 aromatic heterocycles. The monoisotopic (exact) mass is 827 g/mol. The van der Waals surface area contributed by atoms with Gasteiger partial charge in [-0.3, -0.25) is 23.4 Å². The zero-order valence-corrected chi connectivity index (χ0v) is 33.4. The molecule has 0 saturated carbocycles. The van der Waals surface area contributed by atoms with E-state index in [9.17, 15) is 37.2 Å². The van der Waals surface area contributed by atoms with E-state index in [0.717, 1.165) is 24.7 Å². The Morgan fingerprint density at radius 3 is 2.04 bits per heavy atom. The van der Waals surface area contributed by atoms with Gasteiger partial charge in [-0.25, -0.2) is 14.5 Å². The first-order valence-corrected chi connectivity index (χ1v) is 19.6. The molecule has 0 bridgehead atoms. The van der Waals surface area contributed by atoms with Crippen molar-refractivity contribution < 1.29 is 69.9 Å². The van der Waals surface area contributed by atoms with Crippen molar-refractivity contribution in [3.63, 3.8) is 0 Å². The van der Waals surface area contributed by atoms with Gasteiger partial charge in [0.1, 0.15) is 6.54 Å². The van der Waals surface area contributed by atoms with Crippen molar-refractivity contribution in [2.75, 3.05) is 32.2 Å². The Hall–Kier alpha value is -5.25. The molecule has 4 amide bonds. The number of carbonyl (C=O) groups excluding carboxylic acids is 6. The number of allylic oxidation sites excluding steroid dienone is 4. The van der Waals surface area contributed by atoms with Crippen LogP contribution in [0, 0.1) is 0 Å². The van der Waals surface area contributed by atoms with Crippen LogP contribution in [-0.4, -0.2) is 91.7 Å². The quantitative estimate of drug-likeness (QED) is 0.0509. The molecular weight excluding hydrogens is 789 g/mol. The van der Waals surface area contributed by atoms with Crippen LogP contribution in [-0.2, 0) is 77.8 Å². The summed E-state index contributed by atoms with van der Waals surface area (Å²) in [4.78, 5) is 92.5. The number of hydroxylamine groups is 4. The summed E-state index contributed by atoms with van der Waals surface area (Å²) in [5.41, 5.74) is 1.78. The molecule has 0 atom stereocenters. The third-order valence-electron chi connectivity index (χ3n) is 9.94. The number of nitrogens with zero attached hydrogens (tertiary/aromatic N) is 4. The van der Waals surface area contributed by atoms with Gasteiger partial charge in [0, 0.05) is 65.1 Å². The van der Waals surface area contributed by atoms with Crippen molar-refractivity contribution in [2.45, 2.75) is 74.0 Å². The van der Waals surface area contributed by atoms with Gasteiger partial charge in [-0.05, 0) is 55.8 Å². The molecule has 2 saturated heterocycles. The molecule has 0 aliphatic carbocycles. The molecule has 20 heteroatoms. The minimum Gasteiger partial charge on any atom is -0.333 e. The van der Waals surface area contributed by atoms with Crippen LogP contribution in [0.4, 0.5) is 11.4 Å². The summed E-state index contributed by atoms with van der Waals surface area (Å²) in [5.74, 6) is -4.31. The SMILES string of the molecule is COOOSc1ccc2c(c1)C(C)(C)C(/C=C/C=C1\N(CC(=O)ON3C(=O)CCC3=O)c3ccc(S(=O)(=O)OC)cc3C1(C)C)=[N+]2CC(=O)ON1C(=O)CCC1=O. The average Bonchev–Trinajstić information content (AvgIpc) is 3.79. The Balaban J connectivity index is 1.39. The van der Waals surface area contributed by atoms with Crippen LogP contribution in [0.5, 0.6) is 0 Å². The fourth-order valence-corrected chi connectivity index (χ4v) is 8.24. The molecule has 4 aliphatic rings. The second kappa shape index (κ2) is 15.9. The van der Waals surface area contributed by atoms with E-state index in [-0.39, 0.29) is 37.1 Å². The molecule has 6 rings (SSSR count). The van der Waals surface area contributed by atoms with E-state index < -0.39 is 63.1 Å². The van der Waals surface area contributed by atoms with Crippen molar-refractivity contribution in [2.24, 2.45) is 0 Å². The zero-order valence-electron chi connectivity index (χ0n) is 31.8. The molecule has 57 heavy (non-hydrogen) atoms. The van der Waals surface area contributed by atoms with Crippen molar-refractivity contribution in [3.8, 4) is 0 Å². The first kappa shape index (κ1) is 41.4. The van der Waals surface area contributed by atoms with Crippen LogP contribution in [0.2, 0.25) is 0 Å². The van der Waals surface area contributed by atoms with E-state index in [1.165, 1.54) is 25.3 Å². The third-order valence-corrected chi connectivity index (χ3v) is 11.8. The topological polar surface area (TPSA) is 205 Å². The number of imide groups is 2. The number of amides is 4.